The Bertz CT molecular complexity index is 537. The minimum Gasteiger partial charge on any atom is -0.488 e. The molecule has 0 aromatic heterocycles. The fraction of sp³-hybridized carbons (Fsp3) is 0.529. The number of methoxy groups -OCH3 is 1. The number of nitrogens with zero attached hydrogens (tertiary/aromatic N) is 1. The topological polar surface area (TPSA) is 77.1 Å². The smallest absolute Gasteiger partial charge is 0.249 e. The van der Waals surface area contributed by atoms with E-state index < -0.39 is 6.04 Å². The van der Waals surface area contributed by atoms with Gasteiger partial charge in [0, 0.05) is 20.6 Å². The van der Waals surface area contributed by atoms with Gasteiger partial charge in [-0.1, -0.05) is 18.2 Å². The lowest BCUT2D eigenvalue weighted by atomic mass is 10.2. The second-order valence-corrected chi connectivity index (χ2v) is 5.51. The molecule has 7 heteroatoms. The first-order valence-electron chi connectivity index (χ1n) is 7.95. The highest BCUT2D eigenvalue weighted by Crippen LogP contribution is 2.23. The Labute approximate surface area is 141 Å². The van der Waals surface area contributed by atoms with E-state index in [0.717, 1.165) is 5.75 Å². The second kappa shape index (κ2) is 9.24. The minimum absolute atomic E-state index is 0.0745. The summed E-state index contributed by atoms with van der Waals surface area (Å²) < 4.78 is 16.0. The van der Waals surface area contributed by atoms with Gasteiger partial charge in [0.1, 0.15) is 24.5 Å². The third-order valence-corrected chi connectivity index (χ3v) is 3.84. The average molecular weight is 336 g/mol. The van der Waals surface area contributed by atoms with E-state index in [4.69, 9.17) is 14.2 Å². The van der Waals surface area contributed by atoms with Crippen molar-refractivity contribution in [2.45, 2.75) is 18.6 Å². The van der Waals surface area contributed by atoms with Crippen molar-refractivity contribution in [3.63, 3.8) is 0 Å². The predicted octanol–water partition coefficient (Wildman–Crippen LogP) is 0.444. The molecule has 0 aliphatic carbocycles. The van der Waals surface area contributed by atoms with Crippen LogP contribution in [0.25, 0.3) is 0 Å². The van der Waals surface area contributed by atoms with Gasteiger partial charge in [0.15, 0.2) is 0 Å². The number of rotatable bonds is 8. The number of hydrogen-bond acceptors (Lipinski definition) is 5. The number of para-hydroxylation sites is 1. The van der Waals surface area contributed by atoms with Crippen LogP contribution in [0.3, 0.4) is 0 Å². The molecule has 2 amide bonds. The standard InChI is InChI=1S/C17H24N2O5/c1-18-17(21)15-10-14(24-13-6-4-3-5-7-13)11-19(15)16(20)12-23-9-8-22-2/h3-7,14-15H,8-12H2,1-2H3,(H,18,21)/t14-,15-/m0/s1. The Morgan fingerprint density at radius 2 is 2.00 bits per heavy atom. The van der Waals surface area contributed by atoms with E-state index >= 15 is 0 Å². The lowest BCUT2D eigenvalue weighted by molar-refractivity contribution is -0.142. The molecular weight excluding hydrogens is 312 g/mol. The lowest BCUT2D eigenvalue weighted by Gasteiger charge is -2.22. The van der Waals surface area contributed by atoms with Crippen molar-refractivity contribution >= 4 is 11.8 Å². The third-order valence-electron chi connectivity index (χ3n) is 3.84. The number of carbonyl (C=O) groups is 2. The van der Waals surface area contributed by atoms with Gasteiger partial charge in [0.2, 0.25) is 11.8 Å². The number of nitrogens with one attached hydrogen (secondary N) is 1. The monoisotopic (exact) mass is 336 g/mol. The molecule has 2 atom stereocenters. The van der Waals surface area contributed by atoms with Gasteiger partial charge in [0.05, 0.1) is 19.8 Å². The quantitative estimate of drug-likeness (QED) is 0.697. The van der Waals surface area contributed by atoms with E-state index in [1.54, 1.807) is 14.2 Å². The summed E-state index contributed by atoms with van der Waals surface area (Å²) in [4.78, 5) is 26.0. The van der Waals surface area contributed by atoms with E-state index in [0.29, 0.717) is 26.2 Å². The molecule has 1 saturated heterocycles. The summed E-state index contributed by atoms with van der Waals surface area (Å²) >= 11 is 0. The highest BCUT2D eigenvalue weighted by atomic mass is 16.5. The van der Waals surface area contributed by atoms with Gasteiger partial charge in [-0.05, 0) is 12.1 Å². The van der Waals surface area contributed by atoms with Crippen LogP contribution in [-0.2, 0) is 19.1 Å². The molecule has 0 bridgehead atoms. The largest absolute Gasteiger partial charge is 0.488 e. The number of likely N-dealkylation sites (tertiary alicyclic amines) is 1. The fourth-order valence-electron chi connectivity index (χ4n) is 2.65. The maximum Gasteiger partial charge on any atom is 0.249 e. The van der Waals surface area contributed by atoms with Gasteiger partial charge in [-0.15, -0.1) is 0 Å². The van der Waals surface area contributed by atoms with Crippen molar-refractivity contribution in [2.75, 3.05) is 40.5 Å². The number of benzene rings is 1. The van der Waals surface area contributed by atoms with E-state index in [1.807, 2.05) is 30.3 Å². The molecular formula is C17H24N2O5. The number of amides is 2. The number of likely N-dealkylation sites (N-methyl/N-ethyl adjacent to an activating group) is 1. The van der Waals surface area contributed by atoms with Gasteiger partial charge in [-0.25, -0.2) is 0 Å². The molecule has 1 aliphatic rings. The van der Waals surface area contributed by atoms with Crippen molar-refractivity contribution in [1.82, 2.24) is 10.2 Å². The molecule has 1 aromatic rings. The summed E-state index contributed by atoms with van der Waals surface area (Å²) in [5.41, 5.74) is 0. The lowest BCUT2D eigenvalue weighted by Crippen LogP contribution is -2.46. The Morgan fingerprint density at radius 3 is 2.67 bits per heavy atom. The SMILES string of the molecule is CNC(=O)[C@@H]1C[C@H](Oc2ccccc2)CN1C(=O)COCCOC. The Morgan fingerprint density at radius 1 is 1.25 bits per heavy atom. The molecule has 132 valence electrons. The molecule has 0 unspecified atom stereocenters. The van der Waals surface area contributed by atoms with Crippen LogP contribution < -0.4 is 10.1 Å². The number of ether oxygens (including phenoxy) is 3. The van der Waals surface area contributed by atoms with E-state index in [-0.39, 0.29) is 24.5 Å². The molecule has 1 aromatic carbocycles. The third kappa shape index (κ3) is 4.94. The molecule has 0 saturated carbocycles. The summed E-state index contributed by atoms with van der Waals surface area (Å²) in [6.07, 6.45) is 0.232. The molecule has 0 radical (unpaired) electrons. The molecule has 7 nitrogen and oxygen atoms in total. The highest BCUT2D eigenvalue weighted by molar-refractivity contribution is 5.88. The van der Waals surface area contributed by atoms with Gasteiger partial charge in [0.25, 0.3) is 0 Å². The molecule has 1 N–H and O–H groups in total. The summed E-state index contributed by atoms with van der Waals surface area (Å²) in [5.74, 6) is 0.307. The summed E-state index contributed by atoms with van der Waals surface area (Å²) in [6, 6.07) is 8.84. The Hall–Kier alpha value is -2.12. The van der Waals surface area contributed by atoms with Crippen LogP contribution in [-0.4, -0.2) is 69.4 Å². The second-order valence-electron chi connectivity index (χ2n) is 5.51. The zero-order chi connectivity index (χ0) is 17.4. The first-order valence-corrected chi connectivity index (χ1v) is 7.95. The molecule has 1 fully saturated rings. The van der Waals surface area contributed by atoms with Gasteiger partial charge < -0.3 is 24.4 Å². The number of hydrogen-bond donors (Lipinski definition) is 1. The Balaban J connectivity index is 1.96. The van der Waals surface area contributed by atoms with Crippen LogP contribution >= 0.6 is 0 Å². The van der Waals surface area contributed by atoms with Crippen molar-refractivity contribution < 1.29 is 23.8 Å². The molecule has 24 heavy (non-hydrogen) atoms. The predicted molar refractivity (Wildman–Crippen MR) is 87.7 cm³/mol. The molecule has 1 aliphatic heterocycles. The van der Waals surface area contributed by atoms with Crippen LogP contribution in [0.2, 0.25) is 0 Å². The summed E-state index contributed by atoms with van der Waals surface area (Å²) in [5, 5.41) is 2.60. The first kappa shape index (κ1) is 18.2. The number of carbonyl (C=O) groups excluding carboxylic acids is 2. The van der Waals surface area contributed by atoms with Crippen molar-refractivity contribution in [2.24, 2.45) is 0 Å². The zero-order valence-corrected chi connectivity index (χ0v) is 14.1. The van der Waals surface area contributed by atoms with Crippen LogP contribution in [0.15, 0.2) is 30.3 Å². The van der Waals surface area contributed by atoms with E-state index in [1.165, 1.54) is 4.90 Å². The van der Waals surface area contributed by atoms with Crippen molar-refractivity contribution in [1.29, 1.82) is 0 Å². The zero-order valence-electron chi connectivity index (χ0n) is 14.1. The average Bonchev–Trinajstić information content (AvgIpc) is 3.02. The van der Waals surface area contributed by atoms with Gasteiger partial charge >= 0.3 is 0 Å². The van der Waals surface area contributed by atoms with E-state index in [2.05, 4.69) is 5.32 Å². The summed E-state index contributed by atoms with van der Waals surface area (Å²) in [7, 11) is 3.13. The van der Waals surface area contributed by atoms with Crippen molar-refractivity contribution in [3.8, 4) is 5.75 Å². The summed E-state index contributed by atoms with van der Waals surface area (Å²) in [6.45, 7) is 1.05. The van der Waals surface area contributed by atoms with Crippen molar-refractivity contribution in [3.05, 3.63) is 30.3 Å². The van der Waals surface area contributed by atoms with Gasteiger partial charge in [-0.3, -0.25) is 9.59 Å². The van der Waals surface area contributed by atoms with Crippen LogP contribution in [0.5, 0.6) is 5.75 Å². The minimum atomic E-state index is -0.540. The maximum atomic E-state index is 12.4. The Kier molecular flexibility index (Phi) is 7.02. The molecule has 0 spiro atoms. The fourth-order valence-corrected chi connectivity index (χ4v) is 2.65. The normalized spacial score (nSPS) is 20.0. The first-order chi connectivity index (χ1) is 11.7. The van der Waals surface area contributed by atoms with Crippen LogP contribution in [0.4, 0.5) is 0 Å². The maximum absolute atomic E-state index is 12.4. The highest BCUT2D eigenvalue weighted by Gasteiger charge is 2.40. The molecule has 2 rings (SSSR count). The molecule has 1 heterocycles. The van der Waals surface area contributed by atoms with E-state index in [9.17, 15) is 9.59 Å². The van der Waals surface area contributed by atoms with Crippen LogP contribution in [0, 0.1) is 0 Å². The van der Waals surface area contributed by atoms with Gasteiger partial charge in [-0.2, -0.15) is 0 Å². The van der Waals surface area contributed by atoms with Crippen LogP contribution in [0.1, 0.15) is 6.42 Å².